The number of anilines is 3. The molecule has 2 aromatic rings. The normalized spacial score (nSPS) is 14.2. The summed E-state index contributed by atoms with van der Waals surface area (Å²) in [6.45, 7) is 8.30. The summed E-state index contributed by atoms with van der Waals surface area (Å²) in [6.07, 6.45) is 2.23. The maximum Gasteiger partial charge on any atom is 0.243 e. The van der Waals surface area contributed by atoms with E-state index in [0.29, 0.717) is 28.9 Å². The number of halogens is 1. The van der Waals surface area contributed by atoms with E-state index in [-0.39, 0.29) is 4.90 Å². The van der Waals surface area contributed by atoms with Crippen LogP contribution in [0.2, 0.25) is 5.02 Å². The molecule has 1 aliphatic heterocycles. The van der Waals surface area contributed by atoms with Gasteiger partial charge in [-0.1, -0.05) is 31.5 Å². The van der Waals surface area contributed by atoms with Crippen LogP contribution in [0.15, 0.2) is 41.3 Å². The number of benzene rings is 2. The number of rotatable bonds is 7. The van der Waals surface area contributed by atoms with Crippen molar-refractivity contribution in [3.63, 3.8) is 0 Å². The Balaban J connectivity index is 1.93. The molecule has 0 aromatic heterocycles. The minimum Gasteiger partial charge on any atom is -0.370 e. The maximum atomic E-state index is 13.1. The van der Waals surface area contributed by atoms with Gasteiger partial charge < -0.3 is 15.5 Å². The first kappa shape index (κ1) is 23.8. The van der Waals surface area contributed by atoms with E-state index in [1.54, 1.807) is 12.1 Å². The molecule has 1 saturated heterocycles. The lowest BCUT2D eigenvalue weighted by Gasteiger charge is -2.25. The molecule has 0 atom stereocenters. The summed E-state index contributed by atoms with van der Waals surface area (Å²) in [5.74, 6) is 0. The first-order valence-corrected chi connectivity index (χ1v) is 12.7. The molecule has 2 aromatic carbocycles. The van der Waals surface area contributed by atoms with E-state index in [4.69, 9.17) is 23.8 Å². The van der Waals surface area contributed by atoms with E-state index in [2.05, 4.69) is 15.5 Å². The molecule has 1 aliphatic rings. The third-order valence-corrected chi connectivity index (χ3v) is 8.18. The highest BCUT2D eigenvalue weighted by atomic mass is 35.5. The van der Waals surface area contributed by atoms with Gasteiger partial charge in [-0.3, -0.25) is 0 Å². The van der Waals surface area contributed by atoms with Crippen LogP contribution >= 0.6 is 23.8 Å². The zero-order valence-corrected chi connectivity index (χ0v) is 20.5. The van der Waals surface area contributed by atoms with Crippen molar-refractivity contribution in [3.05, 3.63) is 47.0 Å². The zero-order chi connectivity index (χ0) is 22.6. The number of hydrogen-bond acceptors (Lipinski definition) is 4. The number of nitrogens with zero attached hydrogens (tertiary/aromatic N) is 2. The third kappa shape index (κ3) is 5.31. The molecule has 0 saturated carbocycles. The smallest absolute Gasteiger partial charge is 0.243 e. The Bertz CT molecular complexity index is 1050. The predicted molar refractivity (Wildman–Crippen MR) is 134 cm³/mol. The zero-order valence-electron chi connectivity index (χ0n) is 18.1. The van der Waals surface area contributed by atoms with E-state index in [0.717, 1.165) is 42.9 Å². The third-order valence-electron chi connectivity index (χ3n) is 5.52. The maximum absolute atomic E-state index is 13.1. The minimum absolute atomic E-state index is 0.253. The average molecular weight is 481 g/mol. The number of hydrogen-bond donors (Lipinski definition) is 2. The van der Waals surface area contributed by atoms with Gasteiger partial charge in [0.15, 0.2) is 5.11 Å². The van der Waals surface area contributed by atoms with Crippen LogP contribution < -0.4 is 15.5 Å². The topological polar surface area (TPSA) is 64.7 Å². The highest BCUT2D eigenvalue weighted by molar-refractivity contribution is 7.89. The van der Waals surface area contributed by atoms with Crippen molar-refractivity contribution in [2.75, 3.05) is 41.7 Å². The fourth-order valence-electron chi connectivity index (χ4n) is 3.74. The quantitative estimate of drug-likeness (QED) is 0.538. The van der Waals surface area contributed by atoms with Gasteiger partial charge in [0.2, 0.25) is 10.0 Å². The Morgan fingerprint density at radius 3 is 2.39 bits per heavy atom. The lowest BCUT2D eigenvalue weighted by molar-refractivity contribution is 0.445. The number of thiocarbonyl (C=S) groups is 1. The van der Waals surface area contributed by atoms with Gasteiger partial charge in [0, 0.05) is 36.9 Å². The molecule has 9 heteroatoms. The van der Waals surface area contributed by atoms with Crippen molar-refractivity contribution in [1.82, 2.24) is 4.31 Å². The van der Waals surface area contributed by atoms with Gasteiger partial charge in [-0.2, -0.15) is 4.31 Å². The Labute approximate surface area is 195 Å². The second kappa shape index (κ2) is 10.2. The molecular weight excluding hydrogens is 452 g/mol. The number of nitrogens with one attached hydrogen (secondary N) is 2. The summed E-state index contributed by atoms with van der Waals surface area (Å²) >= 11 is 11.8. The van der Waals surface area contributed by atoms with Crippen molar-refractivity contribution in [2.24, 2.45) is 0 Å². The lowest BCUT2D eigenvalue weighted by Crippen LogP contribution is -2.31. The summed E-state index contributed by atoms with van der Waals surface area (Å²) in [6, 6.07) is 10.8. The van der Waals surface area contributed by atoms with Crippen molar-refractivity contribution in [3.8, 4) is 0 Å². The van der Waals surface area contributed by atoms with Gasteiger partial charge in [-0.05, 0) is 67.9 Å². The molecule has 0 bridgehead atoms. The SMILES string of the molecule is CCN(CC)S(=O)(=O)c1ccc(N2CCCC2)c(NC(=S)Nc2cccc(Cl)c2C)c1. The van der Waals surface area contributed by atoms with Crippen LogP contribution in [0.3, 0.4) is 0 Å². The Morgan fingerprint density at radius 2 is 1.74 bits per heavy atom. The van der Waals surface area contributed by atoms with Crippen LogP contribution in [0.1, 0.15) is 32.3 Å². The average Bonchev–Trinajstić information content (AvgIpc) is 3.26. The molecule has 2 N–H and O–H groups in total. The molecule has 0 amide bonds. The van der Waals surface area contributed by atoms with Gasteiger partial charge in [-0.25, -0.2) is 8.42 Å². The molecule has 3 rings (SSSR count). The van der Waals surface area contributed by atoms with E-state index in [9.17, 15) is 8.42 Å². The molecular formula is C22H29ClN4O2S2. The van der Waals surface area contributed by atoms with Gasteiger partial charge in [-0.15, -0.1) is 0 Å². The van der Waals surface area contributed by atoms with Gasteiger partial charge >= 0.3 is 0 Å². The van der Waals surface area contributed by atoms with Gasteiger partial charge in [0.25, 0.3) is 0 Å². The Kier molecular flexibility index (Phi) is 7.80. The first-order chi connectivity index (χ1) is 14.8. The molecule has 31 heavy (non-hydrogen) atoms. The van der Waals surface area contributed by atoms with Crippen molar-refractivity contribution in [2.45, 2.75) is 38.5 Å². The molecule has 6 nitrogen and oxygen atoms in total. The monoisotopic (exact) mass is 480 g/mol. The second-order valence-corrected chi connectivity index (χ2v) is 10.2. The van der Waals surface area contributed by atoms with Crippen LogP contribution in [0.25, 0.3) is 0 Å². The van der Waals surface area contributed by atoms with E-state index >= 15 is 0 Å². The Morgan fingerprint density at radius 1 is 1.10 bits per heavy atom. The first-order valence-electron chi connectivity index (χ1n) is 10.5. The largest absolute Gasteiger partial charge is 0.370 e. The number of sulfonamides is 1. The molecule has 0 aliphatic carbocycles. The molecule has 0 unspecified atom stereocenters. The van der Waals surface area contributed by atoms with Crippen LogP contribution in [-0.4, -0.2) is 44.0 Å². The minimum atomic E-state index is -3.58. The molecule has 0 spiro atoms. The second-order valence-electron chi connectivity index (χ2n) is 7.45. The fraction of sp³-hybridized carbons (Fsp3) is 0.409. The standard InChI is InChI=1S/C22H29ClN4O2S2/c1-4-27(5-2)31(28,29)17-11-12-21(26-13-6-7-14-26)20(15-17)25-22(30)24-19-10-8-9-18(23)16(19)3/h8-12,15H,4-7,13-14H2,1-3H3,(H2,24,25,30). The molecule has 1 fully saturated rings. The van der Waals surface area contributed by atoms with E-state index in [1.807, 2.05) is 45.0 Å². The van der Waals surface area contributed by atoms with Crippen molar-refractivity contribution in [1.29, 1.82) is 0 Å². The van der Waals surface area contributed by atoms with E-state index in [1.165, 1.54) is 4.31 Å². The van der Waals surface area contributed by atoms with Gasteiger partial charge in [0.1, 0.15) is 0 Å². The fourth-order valence-corrected chi connectivity index (χ4v) is 5.62. The summed E-state index contributed by atoms with van der Waals surface area (Å²) < 4.78 is 27.6. The van der Waals surface area contributed by atoms with Gasteiger partial charge in [0.05, 0.1) is 16.3 Å². The summed E-state index contributed by atoms with van der Waals surface area (Å²) in [5, 5.41) is 7.43. The van der Waals surface area contributed by atoms with Crippen LogP contribution in [0.5, 0.6) is 0 Å². The van der Waals surface area contributed by atoms with Crippen molar-refractivity contribution < 1.29 is 8.42 Å². The predicted octanol–water partition coefficient (Wildman–Crippen LogP) is 5.09. The molecule has 1 heterocycles. The summed E-state index contributed by atoms with van der Waals surface area (Å²) in [5.41, 5.74) is 3.32. The van der Waals surface area contributed by atoms with Crippen LogP contribution in [-0.2, 0) is 10.0 Å². The highest BCUT2D eigenvalue weighted by Crippen LogP contribution is 2.33. The molecule has 0 radical (unpaired) electrons. The van der Waals surface area contributed by atoms with Crippen LogP contribution in [0, 0.1) is 6.92 Å². The lowest BCUT2D eigenvalue weighted by atomic mass is 10.2. The van der Waals surface area contributed by atoms with Crippen molar-refractivity contribution >= 4 is 56.0 Å². The van der Waals surface area contributed by atoms with Crippen LogP contribution in [0.4, 0.5) is 17.1 Å². The highest BCUT2D eigenvalue weighted by Gasteiger charge is 2.24. The Hall–Kier alpha value is -1.87. The summed E-state index contributed by atoms with van der Waals surface area (Å²) in [4.78, 5) is 2.51. The summed E-state index contributed by atoms with van der Waals surface area (Å²) in [7, 11) is -3.58. The molecule has 168 valence electrons. The van der Waals surface area contributed by atoms with E-state index < -0.39 is 10.0 Å².